The van der Waals surface area contributed by atoms with Crippen LogP contribution in [0.25, 0.3) is 0 Å². The molecule has 1 heteroatoms. The molecule has 2 atom stereocenters. The Labute approximate surface area is 59.3 Å². The maximum Gasteiger partial charge on any atom is 0.121 e. The highest BCUT2D eigenvalue weighted by Gasteiger charge is 2.22. The SMILES string of the molecule is CCCC1CBCC1C. The third-order valence-corrected chi connectivity index (χ3v) is 2.70. The summed E-state index contributed by atoms with van der Waals surface area (Å²) in [4.78, 5) is 0. The Morgan fingerprint density at radius 2 is 2.22 bits per heavy atom. The van der Waals surface area contributed by atoms with Crippen LogP contribution in [0.5, 0.6) is 0 Å². The zero-order valence-corrected chi connectivity index (χ0v) is 6.69. The van der Waals surface area contributed by atoms with E-state index in [0.29, 0.717) is 0 Å². The van der Waals surface area contributed by atoms with Crippen LogP contribution in [0, 0.1) is 11.8 Å². The lowest BCUT2D eigenvalue weighted by Gasteiger charge is -2.13. The molecule has 9 heavy (non-hydrogen) atoms. The molecule has 0 aromatic carbocycles. The first-order valence-corrected chi connectivity index (χ1v) is 4.34. The van der Waals surface area contributed by atoms with Crippen molar-refractivity contribution < 1.29 is 0 Å². The fourth-order valence-corrected chi connectivity index (χ4v) is 2.02. The molecular formula is C8H17B. The second kappa shape index (κ2) is 3.29. The molecular weight excluding hydrogens is 107 g/mol. The van der Waals surface area contributed by atoms with Crippen molar-refractivity contribution in [2.75, 3.05) is 0 Å². The molecule has 0 spiro atoms. The lowest BCUT2D eigenvalue weighted by atomic mass is 9.75. The molecule has 0 radical (unpaired) electrons. The van der Waals surface area contributed by atoms with Gasteiger partial charge in [0.05, 0.1) is 0 Å². The summed E-state index contributed by atoms with van der Waals surface area (Å²) in [7, 11) is 1.49. The van der Waals surface area contributed by atoms with Crippen molar-refractivity contribution >= 4 is 7.28 Å². The molecule has 0 bridgehead atoms. The Kier molecular flexibility index (Phi) is 2.62. The second-order valence-corrected chi connectivity index (χ2v) is 3.46. The summed E-state index contributed by atoms with van der Waals surface area (Å²) in [5, 5.41) is 0. The topological polar surface area (TPSA) is 0 Å². The van der Waals surface area contributed by atoms with Gasteiger partial charge in [-0.25, -0.2) is 0 Å². The van der Waals surface area contributed by atoms with Crippen molar-refractivity contribution in [3.8, 4) is 0 Å². The average molecular weight is 124 g/mol. The smallest absolute Gasteiger partial charge is 0.0746 e. The van der Waals surface area contributed by atoms with E-state index in [9.17, 15) is 0 Å². The molecule has 0 N–H and O–H groups in total. The highest BCUT2D eigenvalue weighted by atomic mass is 14.2. The fourth-order valence-electron chi connectivity index (χ4n) is 2.02. The van der Waals surface area contributed by atoms with Crippen LogP contribution in [0.15, 0.2) is 0 Å². The third-order valence-electron chi connectivity index (χ3n) is 2.70. The van der Waals surface area contributed by atoms with Crippen LogP contribution in [-0.2, 0) is 0 Å². The Bertz CT molecular complexity index is 80.6. The third kappa shape index (κ3) is 1.74. The first-order chi connectivity index (χ1) is 4.34. The van der Waals surface area contributed by atoms with E-state index in [4.69, 9.17) is 0 Å². The van der Waals surface area contributed by atoms with Crippen LogP contribution in [-0.4, -0.2) is 7.28 Å². The van der Waals surface area contributed by atoms with E-state index in [1.165, 1.54) is 32.8 Å². The highest BCUT2D eigenvalue weighted by molar-refractivity contribution is 6.36. The van der Waals surface area contributed by atoms with E-state index >= 15 is 0 Å². The lowest BCUT2D eigenvalue weighted by Crippen LogP contribution is -2.01. The van der Waals surface area contributed by atoms with Crippen LogP contribution in [0.2, 0.25) is 12.6 Å². The van der Waals surface area contributed by atoms with Gasteiger partial charge in [-0.3, -0.25) is 0 Å². The van der Waals surface area contributed by atoms with E-state index in [-0.39, 0.29) is 0 Å². The molecule has 1 saturated heterocycles. The molecule has 0 aromatic heterocycles. The Balaban J connectivity index is 2.22. The first kappa shape index (κ1) is 7.18. The van der Waals surface area contributed by atoms with E-state index < -0.39 is 0 Å². The van der Waals surface area contributed by atoms with Crippen LogP contribution in [0.4, 0.5) is 0 Å². The summed E-state index contributed by atoms with van der Waals surface area (Å²) < 4.78 is 0. The largest absolute Gasteiger partial charge is 0.121 e. The Morgan fingerprint density at radius 1 is 1.44 bits per heavy atom. The number of rotatable bonds is 2. The Morgan fingerprint density at radius 3 is 2.67 bits per heavy atom. The number of hydrogen-bond acceptors (Lipinski definition) is 0. The summed E-state index contributed by atoms with van der Waals surface area (Å²) in [6.07, 6.45) is 5.86. The Hall–Kier alpha value is 0.0649. The van der Waals surface area contributed by atoms with Gasteiger partial charge in [-0.15, -0.1) is 0 Å². The molecule has 0 amide bonds. The van der Waals surface area contributed by atoms with Gasteiger partial charge in [0.15, 0.2) is 0 Å². The minimum absolute atomic E-state index is 1.03. The molecule has 1 rings (SSSR count). The van der Waals surface area contributed by atoms with E-state index in [2.05, 4.69) is 13.8 Å². The zero-order chi connectivity index (χ0) is 6.69. The van der Waals surface area contributed by atoms with Gasteiger partial charge in [0.1, 0.15) is 7.28 Å². The van der Waals surface area contributed by atoms with Gasteiger partial charge < -0.3 is 0 Å². The first-order valence-electron chi connectivity index (χ1n) is 4.34. The molecule has 52 valence electrons. The van der Waals surface area contributed by atoms with Gasteiger partial charge in [0, 0.05) is 0 Å². The van der Waals surface area contributed by atoms with Gasteiger partial charge in [-0.2, -0.15) is 0 Å². The quantitative estimate of drug-likeness (QED) is 0.495. The fraction of sp³-hybridized carbons (Fsp3) is 1.00. The molecule has 0 aromatic rings. The summed E-state index contributed by atoms with van der Waals surface area (Å²) >= 11 is 0. The van der Waals surface area contributed by atoms with Gasteiger partial charge in [0.2, 0.25) is 0 Å². The average Bonchev–Trinajstić information content (AvgIpc) is 2.18. The molecule has 1 aliphatic heterocycles. The normalized spacial score (nSPS) is 34.4. The predicted octanol–water partition coefficient (Wildman–Crippen LogP) is 2.33. The minimum atomic E-state index is 1.03. The molecule has 1 fully saturated rings. The minimum Gasteiger partial charge on any atom is -0.0746 e. The van der Waals surface area contributed by atoms with Gasteiger partial charge in [-0.05, 0) is 11.8 Å². The second-order valence-electron chi connectivity index (χ2n) is 3.46. The number of hydrogen-bond donors (Lipinski definition) is 0. The van der Waals surface area contributed by atoms with E-state index in [1.54, 1.807) is 0 Å². The summed E-state index contributed by atoms with van der Waals surface area (Å²) in [5.74, 6) is 2.11. The molecule has 2 unspecified atom stereocenters. The van der Waals surface area contributed by atoms with Crippen LogP contribution < -0.4 is 0 Å². The molecule has 1 aliphatic rings. The summed E-state index contributed by atoms with van der Waals surface area (Å²) in [6.45, 7) is 4.71. The van der Waals surface area contributed by atoms with Crippen LogP contribution >= 0.6 is 0 Å². The highest BCUT2D eigenvalue weighted by Crippen LogP contribution is 2.31. The van der Waals surface area contributed by atoms with Crippen molar-refractivity contribution in [3.63, 3.8) is 0 Å². The van der Waals surface area contributed by atoms with Gasteiger partial charge in [0.25, 0.3) is 0 Å². The standard InChI is InChI=1S/C8H17B/c1-3-4-8-6-9-5-7(8)2/h7-9H,3-6H2,1-2H3. The monoisotopic (exact) mass is 124 g/mol. The lowest BCUT2D eigenvalue weighted by molar-refractivity contribution is 0.412. The van der Waals surface area contributed by atoms with Crippen molar-refractivity contribution in [1.29, 1.82) is 0 Å². The molecule has 0 nitrogen and oxygen atoms in total. The van der Waals surface area contributed by atoms with Gasteiger partial charge >= 0.3 is 0 Å². The van der Waals surface area contributed by atoms with E-state index in [0.717, 1.165) is 11.8 Å². The van der Waals surface area contributed by atoms with Gasteiger partial charge in [-0.1, -0.05) is 39.3 Å². The van der Waals surface area contributed by atoms with E-state index in [1.807, 2.05) is 0 Å². The predicted molar refractivity (Wildman–Crippen MR) is 44.3 cm³/mol. The van der Waals surface area contributed by atoms with Crippen molar-refractivity contribution in [1.82, 2.24) is 0 Å². The van der Waals surface area contributed by atoms with Crippen molar-refractivity contribution in [2.45, 2.75) is 39.3 Å². The summed E-state index contributed by atoms with van der Waals surface area (Å²) in [6, 6.07) is 0. The molecule has 0 aliphatic carbocycles. The molecule has 1 heterocycles. The maximum absolute atomic E-state index is 2.41. The molecule has 0 saturated carbocycles. The maximum atomic E-state index is 2.41. The van der Waals surface area contributed by atoms with Crippen molar-refractivity contribution in [2.24, 2.45) is 11.8 Å². The van der Waals surface area contributed by atoms with Crippen LogP contribution in [0.3, 0.4) is 0 Å². The van der Waals surface area contributed by atoms with Crippen molar-refractivity contribution in [3.05, 3.63) is 0 Å². The van der Waals surface area contributed by atoms with Crippen LogP contribution in [0.1, 0.15) is 26.7 Å². The summed E-state index contributed by atoms with van der Waals surface area (Å²) in [5.41, 5.74) is 0. The zero-order valence-electron chi connectivity index (χ0n) is 6.69.